The summed E-state index contributed by atoms with van der Waals surface area (Å²) in [6.07, 6.45) is 5.00. The van der Waals surface area contributed by atoms with Crippen LogP contribution in [-0.4, -0.2) is 44.0 Å². The first kappa shape index (κ1) is 19.3. The molecule has 0 fully saturated rings. The van der Waals surface area contributed by atoms with E-state index in [0.717, 1.165) is 31.4 Å². The maximum Gasteiger partial charge on any atom is 0.348 e. The Morgan fingerprint density at radius 3 is 2.74 bits per heavy atom. The van der Waals surface area contributed by atoms with Gasteiger partial charge in [0.25, 0.3) is 5.91 Å². The van der Waals surface area contributed by atoms with Gasteiger partial charge in [-0.1, -0.05) is 30.3 Å². The number of nitrogens with two attached hydrogens (primary N) is 1. The van der Waals surface area contributed by atoms with Crippen LogP contribution < -0.4 is 5.73 Å². The Hall–Kier alpha value is -2.44. The lowest BCUT2D eigenvalue weighted by atomic mass is 9.95. The second-order valence-electron chi connectivity index (χ2n) is 6.86. The SMILES string of the molecule is CN(C)CC/C=C1/c2ccccc2CCc2sc(C(=O)OCC(N)=O)cc21. The van der Waals surface area contributed by atoms with E-state index in [-0.39, 0.29) is 0 Å². The zero-order valence-electron chi connectivity index (χ0n) is 15.7. The van der Waals surface area contributed by atoms with Gasteiger partial charge in [0.2, 0.25) is 0 Å². The summed E-state index contributed by atoms with van der Waals surface area (Å²) in [5.74, 6) is -1.15. The molecule has 0 bridgehead atoms. The van der Waals surface area contributed by atoms with Gasteiger partial charge in [-0.3, -0.25) is 4.79 Å². The second-order valence-corrected chi connectivity index (χ2v) is 7.99. The number of carbonyl (C=O) groups excluding carboxylic acids is 2. The van der Waals surface area contributed by atoms with Gasteiger partial charge in [-0.15, -0.1) is 11.3 Å². The van der Waals surface area contributed by atoms with Crippen LogP contribution in [0, 0.1) is 0 Å². The van der Waals surface area contributed by atoms with Crippen molar-refractivity contribution in [1.82, 2.24) is 4.90 Å². The molecule has 1 aromatic carbocycles. The third kappa shape index (κ3) is 4.64. The molecule has 2 aromatic rings. The normalized spacial score (nSPS) is 14.6. The summed E-state index contributed by atoms with van der Waals surface area (Å²) in [6.45, 7) is 0.564. The van der Waals surface area contributed by atoms with Crippen LogP contribution in [0.15, 0.2) is 36.4 Å². The fourth-order valence-electron chi connectivity index (χ4n) is 3.23. The number of amides is 1. The van der Waals surface area contributed by atoms with Crippen molar-refractivity contribution in [3.63, 3.8) is 0 Å². The maximum absolute atomic E-state index is 12.3. The van der Waals surface area contributed by atoms with Crippen molar-refractivity contribution in [2.75, 3.05) is 27.2 Å². The van der Waals surface area contributed by atoms with Gasteiger partial charge in [0.15, 0.2) is 6.61 Å². The molecule has 1 amide bonds. The quantitative estimate of drug-likeness (QED) is 0.778. The molecule has 2 N–H and O–H groups in total. The zero-order chi connectivity index (χ0) is 19.4. The Kier molecular flexibility index (Phi) is 6.08. The predicted molar refractivity (Wildman–Crippen MR) is 108 cm³/mol. The molecule has 0 saturated heterocycles. The molecule has 1 aromatic heterocycles. The molecule has 0 saturated carbocycles. The fourth-order valence-corrected chi connectivity index (χ4v) is 4.30. The lowest BCUT2D eigenvalue weighted by Crippen LogP contribution is -2.20. The highest BCUT2D eigenvalue weighted by Crippen LogP contribution is 2.38. The Labute approximate surface area is 163 Å². The smallest absolute Gasteiger partial charge is 0.348 e. The monoisotopic (exact) mass is 384 g/mol. The largest absolute Gasteiger partial charge is 0.451 e. The van der Waals surface area contributed by atoms with Gasteiger partial charge in [-0.2, -0.15) is 0 Å². The fraction of sp³-hybridized carbons (Fsp3) is 0.333. The predicted octanol–water partition coefficient (Wildman–Crippen LogP) is 2.87. The number of carbonyl (C=O) groups is 2. The number of esters is 1. The van der Waals surface area contributed by atoms with Crippen LogP contribution >= 0.6 is 11.3 Å². The van der Waals surface area contributed by atoms with E-state index in [2.05, 4.69) is 49.3 Å². The Morgan fingerprint density at radius 2 is 2.00 bits per heavy atom. The summed E-state index contributed by atoms with van der Waals surface area (Å²) < 4.78 is 4.99. The minimum Gasteiger partial charge on any atom is -0.451 e. The van der Waals surface area contributed by atoms with Crippen LogP contribution in [0.1, 0.15) is 37.7 Å². The van der Waals surface area contributed by atoms with E-state index < -0.39 is 18.5 Å². The minimum atomic E-state index is -0.653. The summed E-state index contributed by atoms with van der Waals surface area (Å²) >= 11 is 1.44. The highest BCUT2D eigenvalue weighted by Gasteiger charge is 2.23. The summed E-state index contributed by atoms with van der Waals surface area (Å²) in [6, 6.07) is 10.3. The van der Waals surface area contributed by atoms with E-state index in [0.29, 0.717) is 4.88 Å². The molecule has 27 heavy (non-hydrogen) atoms. The summed E-state index contributed by atoms with van der Waals surface area (Å²) in [4.78, 5) is 27.0. The number of aryl methyl sites for hydroxylation is 2. The first-order valence-electron chi connectivity index (χ1n) is 8.97. The van der Waals surface area contributed by atoms with Crippen molar-refractivity contribution in [2.45, 2.75) is 19.3 Å². The lowest BCUT2D eigenvalue weighted by molar-refractivity contribution is -0.121. The molecule has 0 radical (unpaired) electrons. The number of benzene rings is 1. The molecule has 0 unspecified atom stereocenters. The minimum absolute atomic E-state index is 0.393. The molecule has 0 atom stereocenters. The lowest BCUT2D eigenvalue weighted by Gasteiger charge is -2.11. The molecular formula is C21H24N2O3S. The first-order valence-corrected chi connectivity index (χ1v) is 9.79. The first-order chi connectivity index (χ1) is 13.0. The number of nitrogens with zero attached hydrogens (tertiary/aromatic N) is 1. The molecule has 1 heterocycles. The molecule has 3 rings (SSSR count). The third-order valence-electron chi connectivity index (χ3n) is 4.50. The highest BCUT2D eigenvalue weighted by atomic mass is 32.1. The van der Waals surface area contributed by atoms with Crippen LogP contribution in [0.5, 0.6) is 0 Å². The van der Waals surface area contributed by atoms with Gasteiger partial charge >= 0.3 is 5.97 Å². The Morgan fingerprint density at radius 1 is 1.22 bits per heavy atom. The molecule has 0 aliphatic heterocycles. The van der Waals surface area contributed by atoms with Crippen molar-refractivity contribution in [3.8, 4) is 0 Å². The summed E-state index contributed by atoms with van der Waals surface area (Å²) in [5, 5.41) is 0. The number of hydrogen-bond donors (Lipinski definition) is 1. The van der Waals surface area contributed by atoms with Crippen molar-refractivity contribution in [1.29, 1.82) is 0 Å². The molecule has 0 spiro atoms. The molecule has 6 heteroatoms. The van der Waals surface area contributed by atoms with Gasteiger partial charge in [0.05, 0.1) is 0 Å². The number of hydrogen-bond acceptors (Lipinski definition) is 5. The number of primary amides is 1. The van der Waals surface area contributed by atoms with E-state index >= 15 is 0 Å². The van der Waals surface area contributed by atoms with E-state index in [9.17, 15) is 9.59 Å². The van der Waals surface area contributed by atoms with Crippen molar-refractivity contribution < 1.29 is 14.3 Å². The standard InChI is InChI=1S/C21H24N2O3S/c1-23(2)11-5-8-16-15-7-4-3-6-14(15)9-10-18-17(16)12-19(27-18)21(25)26-13-20(22)24/h3-4,6-8,12H,5,9-11,13H2,1-2H3,(H2,22,24)/b16-8-. The number of thiophene rings is 1. The van der Waals surface area contributed by atoms with E-state index in [1.54, 1.807) is 0 Å². The average molecular weight is 385 g/mol. The number of rotatable bonds is 6. The van der Waals surface area contributed by atoms with Crippen molar-refractivity contribution in [3.05, 3.63) is 62.9 Å². The van der Waals surface area contributed by atoms with E-state index in [1.165, 1.54) is 32.9 Å². The molecule has 142 valence electrons. The van der Waals surface area contributed by atoms with Crippen molar-refractivity contribution in [2.24, 2.45) is 5.73 Å². The summed E-state index contributed by atoms with van der Waals surface area (Å²) in [7, 11) is 4.12. The van der Waals surface area contributed by atoms with Gasteiger partial charge in [-0.25, -0.2) is 4.79 Å². The Balaban J connectivity index is 1.97. The van der Waals surface area contributed by atoms with Crippen LogP contribution in [0.25, 0.3) is 5.57 Å². The van der Waals surface area contributed by atoms with Crippen LogP contribution in [0.4, 0.5) is 0 Å². The number of ether oxygens (including phenoxy) is 1. The topological polar surface area (TPSA) is 72.6 Å². The molecule has 5 nitrogen and oxygen atoms in total. The van der Waals surface area contributed by atoms with Crippen LogP contribution in [-0.2, 0) is 22.4 Å². The molecular weight excluding hydrogens is 360 g/mol. The Bertz CT molecular complexity index is 883. The summed E-state index contributed by atoms with van der Waals surface area (Å²) in [5.41, 5.74) is 9.88. The zero-order valence-corrected chi connectivity index (χ0v) is 16.5. The highest BCUT2D eigenvalue weighted by molar-refractivity contribution is 7.14. The van der Waals surface area contributed by atoms with Gasteiger partial charge < -0.3 is 15.4 Å². The van der Waals surface area contributed by atoms with Gasteiger partial charge in [0, 0.05) is 11.4 Å². The van der Waals surface area contributed by atoms with Gasteiger partial charge in [-0.05, 0) is 61.7 Å². The van der Waals surface area contributed by atoms with Gasteiger partial charge in [0.1, 0.15) is 4.88 Å². The third-order valence-corrected chi connectivity index (χ3v) is 5.67. The molecule has 1 aliphatic carbocycles. The van der Waals surface area contributed by atoms with Crippen molar-refractivity contribution >= 4 is 28.8 Å². The van der Waals surface area contributed by atoms with E-state index in [4.69, 9.17) is 10.5 Å². The maximum atomic E-state index is 12.3. The average Bonchev–Trinajstić information content (AvgIpc) is 3.00. The molecule has 1 aliphatic rings. The van der Waals surface area contributed by atoms with Crippen LogP contribution in [0.3, 0.4) is 0 Å². The van der Waals surface area contributed by atoms with E-state index in [1.807, 2.05) is 6.07 Å². The second kappa shape index (κ2) is 8.50. The number of fused-ring (bicyclic) bond motifs is 2. The van der Waals surface area contributed by atoms with Crippen LogP contribution in [0.2, 0.25) is 0 Å².